The van der Waals surface area contributed by atoms with E-state index >= 15 is 0 Å². The Bertz CT molecular complexity index is 519. The van der Waals surface area contributed by atoms with Gasteiger partial charge in [0.1, 0.15) is 11.2 Å². The van der Waals surface area contributed by atoms with E-state index in [0.29, 0.717) is 0 Å². The van der Waals surface area contributed by atoms with Crippen molar-refractivity contribution in [2.24, 2.45) is 0 Å². The molecule has 14 nitrogen and oxygen atoms in total. The van der Waals surface area contributed by atoms with Gasteiger partial charge in [0.15, 0.2) is 0 Å². The normalized spacial score (nSPS) is 10.1. The summed E-state index contributed by atoms with van der Waals surface area (Å²) >= 11 is 0. The molecule has 0 unspecified atom stereocenters. The first-order valence-corrected chi connectivity index (χ1v) is 6.23. The summed E-state index contributed by atoms with van der Waals surface area (Å²) in [4.78, 5) is 60.0. The SMILES string of the molecule is O=C([O-])CC(O)(CC(=O)[O-])C(=O)[O-].O=C([O-])CC(O)(CC(=O)[O-])C(=O)[O-].[Cu+2].[Mo+4]. The first kappa shape index (κ1) is 33.5. The molecule has 0 aromatic carbocycles. The zero-order valence-corrected chi connectivity index (χ0v) is 16.3. The molecule has 1 radical (unpaired) electrons. The van der Waals surface area contributed by atoms with Crippen LogP contribution in [0.5, 0.6) is 0 Å². The Morgan fingerprint density at radius 3 is 0.750 bits per heavy atom. The maximum absolute atomic E-state index is 10.1. The predicted molar refractivity (Wildman–Crippen MR) is 58.4 cm³/mol. The monoisotopic (exact) mass is 539 g/mol. The molecule has 0 aliphatic heterocycles. The summed E-state index contributed by atoms with van der Waals surface area (Å²) in [6.45, 7) is 0. The van der Waals surface area contributed by atoms with Crippen molar-refractivity contribution in [2.45, 2.75) is 36.9 Å². The van der Waals surface area contributed by atoms with Crippen molar-refractivity contribution in [2.75, 3.05) is 0 Å². The molecule has 0 spiro atoms. The van der Waals surface area contributed by atoms with Crippen molar-refractivity contribution in [3.63, 3.8) is 0 Å². The van der Waals surface area contributed by atoms with Gasteiger partial charge in [0, 0.05) is 49.6 Å². The third-order valence-electron chi connectivity index (χ3n) is 2.51. The third-order valence-corrected chi connectivity index (χ3v) is 2.51. The van der Waals surface area contributed by atoms with E-state index in [9.17, 15) is 59.4 Å². The van der Waals surface area contributed by atoms with E-state index in [4.69, 9.17) is 10.2 Å². The summed E-state index contributed by atoms with van der Waals surface area (Å²) in [5.41, 5.74) is -5.95. The Balaban J connectivity index is -0.000000192. The summed E-state index contributed by atoms with van der Waals surface area (Å²) < 4.78 is 0. The second-order valence-corrected chi connectivity index (χ2v) is 4.83. The van der Waals surface area contributed by atoms with E-state index in [1.807, 2.05) is 0 Å². The molecule has 0 fully saturated rings. The van der Waals surface area contributed by atoms with Crippen LogP contribution in [0.2, 0.25) is 0 Å². The number of rotatable bonds is 10. The summed E-state index contributed by atoms with van der Waals surface area (Å²) in [5, 5.41) is 77.9. The molecule has 0 bridgehead atoms. The number of carbonyl (C=O) groups excluding carboxylic acids is 6. The summed E-state index contributed by atoms with van der Waals surface area (Å²) in [5.74, 6) is -12.0. The fourth-order valence-electron chi connectivity index (χ4n) is 1.37. The van der Waals surface area contributed by atoms with Gasteiger partial charge in [-0.2, -0.15) is 0 Å². The molecule has 0 aromatic heterocycles. The third kappa shape index (κ3) is 14.1. The number of carboxylic acids is 6. The first-order valence-electron chi connectivity index (χ1n) is 6.23. The van der Waals surface area contributed by atoms with Crippen molar-refractivity contribution in [1.82, 2.24) is 0 Å². The van der Waals surface area contributed by atoms with Crippen LogP contribution in [0, 0.1) is 0 Å². The van der Waals surface area contributed by atoms with Crippen molar-refractivity contribution in [3.8, 4) is 0 Å². The predicted octanol–water partition coefficient (Wildman–Crippen LogP) is -10.5. The molecule has 0 rings (SSSR count). The molecule has 0 saturated heterocycles. The Kier molecular flexibility index (Phi) is 16.8. The summed E-state index contributed by atoms with van der Waals surface area (Å²) in [7, 11) is 0. The zero-order chi connectivity index (χ0) is 21.3. The van der Waals surface area contributed by atoms with E-state index in [-0.39, 0.29) is 38.1 Å². The molecule has 0 aliphatic rings. The summed E-state index contributed by atoms with van der Waals surface area (Å²) in [6.07, 6.45) is -5.43. The van der Waals surface area contributed by atoms with Crippen LogP contribution < -0.4 is 30.6 Å². The maximum Gasteiger partial charge on any atom is 4.00 e. The van der Waals surface area contributed by atoms with Crippen molar-refractivity contribution >= 4 is 35.8 Å². The minimum atomic E-state index is -2.97. The molecule has 0 amide bonds. The minimum absolute atomic E-state index is 0. The van der Waals surface area contributed by atoms with Gasteiger partial charge in [-0.25, -0.2) is 0 Å². The van der Waals surface area contributed by atoms with Gasteiger partial charge in [0.2, 0.25) is 0 Å². The first-order chi connectivity index (χ1) is 11.6. The zero-order valence-electron chi connectivity index (χ0n) is 13.3. The molecule has 28 heavy (non-hydrogen) atoms. The largest absolute Gasteiger partial charge is 4.00 e. The van der Waals surface area contributed by atoms with E-state index in [0.717, 1.165) is 0 Å². The quantitative estimate of drug-likeness (QED) is 0.245. The van der Waals surface area contributed by atoms with Crippen LogP contribution in [0.15, 0.2) is 0 Å². The molecule has 0 aliphatic carbocycles. The van der Waals surface area contributed by atoms with Crippen molar-refractivity contribution < 1.29 is 108 Å². The van der Waals surface area contributed by atoms with E-state index < -0.39 is 72.7 Å². The van der Waals surface area contributed by atoms with Gasteiger partial charge in [-0.3, -0.25) is 0 Å². The number of hydrogen-bond donors (Lipinski definition) is 2. The van der Waals surface area contributed by atoms with Crippen LogP contribution in [0.4, 0.5) is 0 Å². The number of hydrogen-bond acceptors (Lipinski definition) is 14. The molecule has 0 atom stereocenters. The Hall–Kier alpha value is -2.05. The van der Waals surface area contributed by atoms with Gasteiger partial charge in [0.25, 0.3) is 0 Å². The van der Waals surface area contributed by atoms with Crippen LogP contribution in [-0.2, 0) is 66.9 Å². The van der Waals surface area contributed by atoms with Gasteiger partial charge in [-0.05, 0) is 0 Å². The topological polar surface area (TPSA) is 281 Å². The number of aliphatic hydroxyl groups is 2. The van der Waals surface area contributed by atoms with E-state index in [2.05, 4.69) is 0 Å². The van der Waals surface area contributed by atoms with E-state index in [1.165, 1.54) is 0 Å². The minimum Gasteiger partial charge on any atom is -0.550 e. The second-order valence-electron chi connectivity index (χ2n) is 4.83. The van der Waals surface area contributed by atoms with E-state index in [1.54, 1.807) is 0 Å². The fraction of sp³-hybridized carbons (Fsp3) is 0.500. The van der Waals surface area contributed by atoms with Crippen LogP contribution >= 0.6 is 0 Å². The smallest absolute Gasteiger partial charge is 0.550 e. The molecular formula is C12H10CuMoO14. The number of aliphatic carboxylic acids is 6. The van der Waals surface area contributed by atoms with Crippen LogP contribution in [0.3, 0.4) is 0 Å². The molecular weight excluding hydrogens is 528 g/mol. The molecule has 2 N–H and O–H groups in total. The second kappa shape index (κ2) is 14.0. The standard InChI is InChI=1S/2C6H8O7.Cu.Mo/c2*7-3(8)1-6(13,5(11)12)2-4(9)10;;/h2*13H,1-2H2,(H,7,8)(H,9,10)(H,11,12);;/q;;+2;+4/p-6. The van der Waals surface area contributed by atoms with Gasteiger partial charge < -0.3 is 69.6 Å². The molecule has 0 saturated carbocycles. The van der Waals surface area contributed by atoms with Gasteiger partial charge in [0.05, 0.1) is 11.9 Å². The molecule has 0 aromatic rings. The maximum atomic E-state index is 10.1. The van der Waals surface area contributed by atoms with Crippen LogP contribution in [-0.4, -0.2) is 57.2 Å². The van der Waals surface area contributed by atoms with Crippen molar-refractivity contribution in [3.05, 3.63) is 0 Å². The molecule has 16 heteroatoms. The Labute approximate surface area is 180 Å². The summed E-state index contributed by atoms with van der Waals surface area (Å²) in [6, 6.07) is 0. The Morgan fingerprint density at radius 1 is 0.536 bits per heavy atom. The molecule has 159 valence electrons. The molecule has 0 heterocycles. The van der Waals surface area contributed by atoms with Gasteiger partial charge in [-0.15, -0.1) is 0 Å². The van der Waals surface area contributed by atoms with Crippen molar-refractivity contribution in [1.29, 1.82) is 0 Å². The van der Waals surface area contributed by atoms with Crippen LogP contribution in [0.25, 0.3) is 0 Å². The van der Waals surface area contributed by atoms with Gasteiger partial charge in [-0.1, -0.05) is 0 Å². The number of carboxylic acid groups (broad SMARTS) is 6. The van der Waals surface area contributed by atoms with Crippen LogP contribution in [0.1, 0.15) is 25.7 Å². The van der Waals surface area contributed by atoms with Gasteiger partial charge >= 0.3 is 38.1 Å². The number of carbonyl (C=O) groups is 6. The Morgan fingerprint density at radius 2 is 0.679 bits per heavy atom. The average molecular weight is 538 g/mol. The fourth-order valence-corrected chi connectivity index (χ4v) is 1.37. The average Bonchev–Trinajstić information content (AvgIpc) is 2.34.